The summed E-state index contributed by atoms with van der Waals surface area (Å²) in [6.07, 6.45) is -0.809. The molecule has 0 heterocycles. The van der Waals surface area contributed by atoms with Crippen molar-refractivity contribution in [3.05, 3.63) is 0 Å². The second-order valence-corrected chi connectivity index (χ2v) is 6.84. The summed E-state index contributed by atoms with van der Waals surface area (Å²) in [5, 5.41) is 12.5. The standard InChI is InChI=1S/C10H23NO3S/c1-8(2)6-15(13,14)7-10(12)5-11-9(3)4/h8-12H,5-7H2,1-4H3. The number of hydrogen-bond donors (Lipinski definition) is 2. The van der Waals surface area contributed by atoms with Crippen LogP contribution >= 0.6 is 0 Å². The molecule has 1 atom stereocenters. The van der Waals surface area contributed by atoms with Crippen molar-refractivity contribution >= 4 is 9.84 Å². The largest absolute Gasteiger partial charge is 0.391 e. The van der Waals surface area contributed by atoms with Gasteiger partial charge in [-0.05, 0) is 5.92 Å². The second-order valence-electron chi connectivity index (χ2n) is 4.69. The molecular formula is C10H23NO3S. The molecule has 0 aromatic carbocycles. The molecule has 4 nitrogen and oxygen atoms in total. The molecule has 1 unspecified atom stereocenters. The lowest BCUT2D eigenvalue weighted by atomic mass is 10.3. The maximum atomic E-state index is 11.5. The van der Waals surface area contributed by atoms with Gasteiger partial charge in [-0.25, -0.2) is 8.42 Å². The molecule has 0 fully saturated rings. The van der Waals surface area contributed by atoms with Gasteiger partial charge in [-0.15, -0.1) is 0 Å². The van der Waals surface area contributed by atoms with Gasteiger partial charge in [0.05, 0.1) is 17.6 Å². The number of sulfone groups is 1. The third-order valence-corrected chi connectivity index (χ3v) is 3.86. The van der Waals surface area contributed by atoms with Gasteiger partial charge in [0.1, 0.15) is 0 Å². The zero-order valence-corrected chi connectivity index (χ0v) is 10.8. The van der Waals surface area contributed by atoms with Gasteiger partial charge >= 0.3 is 0 Å². The molecule has 0 spiro atoms. The molecule has 0 aromatic heterocycles. The highest BCUT2D eigenvalue weighted by atomic mass is 32.2. The van der Waals surface area contributed by atoms with Crippen molar-refractivity contribution in [1.29, 1.82) is 0 Å². The Morgan fingerprint density at radius 2 is 1.67 bits per heavy atom. The molecule has 2 N–H and O–H groups in total. The SMILES string of the molecule is CC(C)CS(=O)(=O)CC(O)CNC(C)C. The van der Waals surface area contributed by atoms with Crippen LogP contribution in [0, 0.1) is 5.92 Å². The van der Waals surface area contributed by atoms with E-state index in [0.29, 0.717) is 6.54 Å². The van der Waals surface area contributed by atoms with E-state index in [1.807, 2.05) is 27.7 Å². The zero-order valence-electron chi connectivity index (χ0n) is 10.0. The molecule has 0 aromatic rings. The Morgan fingerprint density at radius 3 is 2.07 bits per heavy atom. The molecular weight excluding hydrogens is 214 g/mol. The molecule has 0 aliphatic rings. The summed E-state index contributed by atoms with van der Waals surface area (Å²) in [5.74, 6) is 0.108. The topological polar surface area (TPSA) is 66.4 Å². The highest BCUT2D eigenvalue weighted by Crippen LogP contribution is 2.02. The third kappa shape index (κ3) is 8.84. The Morgan fingerprint density at radius 1 is 1.13 bits per heavy atom. The number of aliphatic hydroxyl groups is 1. The van der Waals surface area contributed by atoms with E-state index in [2.05, 4.69) is 5.32 Å². The first kappa shape index (κ1) is 14.9. The minimum Gasteiger partial charge on any atom is -0.391 e. The van der Waals surface area contributed by atoms with E-state index in [0.717, 1.165) is 0 Å². The highest BCUT2D eigenvalue weighted by molar-refractivity contribution is 7.91. The average Bonchev–Trinajstić information content (AvgIpc) is 1.96. The van der Waals surface area contributed by atoms with E-state index in [1.165, 1.54) is 0 Å². The predicted molar refractivity (Wildman–Crippen MR) is 62.6 cm³/mol. The monoisotopic (exact) mass is 237 g/mol. The molecule has 0 rings (SSSR count). The number of rotatable bonds is 7. The van der Waals surface area contributed by atoms with Gasteiger partial charge in [0.25, 0.3) is 0 Å². The van der Waals surface area contributed by atoms with Gasteiger partial charge < -0.3 is 10.4 Å². The van der Waals surface area contributed by atoms with Gasteiger partial charge in [-0.1, -0.05) is 27.7 Å². The molecule has 0 aliphatic carbocycles. The molecule has 92 valence electrons. The lowest BCUT2D eigenvalue weighted by Crippen LogP contribution is -2.36. The summed E-state index contributed by atoms with van der Waals surface area (Å²) < 4.78 is 23.0. The maximum Gasteiger partial charge on any atom is 0.153 e. The van der Waals surface area contributed by atoms with E-state index in [9.17, 15) is 13.5 Å². The van der Waals surface area contributed by atoms with Crippen LogP contribution in [-0.2, 0) is 9.84 Å². The fourth-order valence-corrected chi connectivity index (χ4v) is 3.16. The van der Waals surface area contributed by atoms with Crippen LogP contribution in [0.3, 0.4) is 0 Å². The van der Waals surface area contributed by atoms with Crippen LogP contribution in [0.5, 0.6) is 0 Å². The van der Waals surface area contributed by atoms with E-state index in [1.54, 1.807) is 0 Å². The van der Waals surface area contributed by atoms with Gasteiger partial charge in [0.15, 0.2) is 9.84 Å². The highest BCUT2D eigenvalue weighted by Gasteiger charge is 2.18. The van der Waals surface area contributed by atoms with Crippen LogP contribution in [0.1, 0.15) is 27.7 Å². The average molecular weight is 237 g/mol. The Hall–Kier alpha value is -0.130. The molecule has 0 radical (unpaired) electrons. The quantitative estimate of drug-likeness (QED) is 0.673. The summed E-state index contributed by atoms with van der Waals surface area (Å²) in [5.41, 5.74) is 0. The first-order chi connectivity index (χ1) is 6.73. The summed E-state index contributed by atoms with van der Waals surface area (Å²) in [6.45, 7) is 7.95. The fraction of sp³-hybridized carbons (Fsp3) is 1.00. The minimum absolute atomic E-state index is 0.111. The number of aliphatic hydroxyl groups excluding tert-OH is 1. The Kier molecular flexibility index (Phi) is 6.40. The Bertz CT molecular complexity index is 260. The van der Waals surface area contributed by atoms with E-state index in [4.69, 9.17) is 0 Å². The lowest BCUT2D eigenvalue weighted by Gasteiger charge is -2.15. The smallest absolute Gasteiger partial charge is 0.153 e. The van der Waals surface area contributed by atoms with Crippen molar-refractivity contribution in [1.82, 2.24) is 5.32 Å². The summed E-state index contributed by atoms with van der Waals surface area (Å²) in [7, 11) is -3.12. The van der Waals surface area contributed by atoms with Gasteiger partial charge in [0.2, 0.25) is 0 Å². The Balaban J connectivity index is 3.99. The van der Waals surface area contributed by atoms with Crippen LogP contribution in [-0.4, -0.2) is 43.7 Å². The number of nitrogens with one attached hydrogen (secondary N) is 1. The third-order valence-electron chi connectivity index (χ3n) is 1.80. The van der Waals surface area contributed by atoms with Crippen molar-refractivity contribution in [2.75, 3.05) is 18.1 Å². The lowest BCUT2D eigenvalue weighted by molar-refractivity contribution is 0.190. The second kappa shape index (κ2) is 6.45. The first-order valence-electron chi connectivity index (χ1n) is 5.35. The number of hydrogen-bond acceptors (Lipinski definition) is 4. The molecule has 5 heteroatoms. The van der Waals surface area contributed by atoms with Crippen molar-refractivity contribution in [3.63, 3.8) is 0 Å². The fourth-order valence-electron chi connectivity index (χ4n) is 1.30. The van der Waals surface area contributed by atoms with Gasteiger partial charge in [-0.2, -0.15) is 0 Å². The molecule has 15 heavy (non-hydrogen) atoms. The van der Waals surface area contributed by atoms with Crippen molar-refractivity contribution in [3.8, 4) is 0 Å². The molecule has 0 saturated carbocycles. The van der Waals surface area contributed by atoms with Crippen molar-refractivity contribution in [2.24, 2.45) is 5.92 Å². The molecule has 0 amide bonds. The summed E-state index contributed by atoms with van der Waals surface area (Å²) in [6, 6.07) is 0.257. The van der Waals surface area contributed by atoms with E-state index >= 15 is 0 Å². The first-order valence-corrected chi connectivity index (χ1v) is 7.17. The molecule has 0 saturated heterocycles. The van der Waals surface area contributed by atoms with Gasteiger partial charge in [0, 0.05) is 12.6 Å². The summed E-state index contributed by atoms with van der Waals surface area (Å²) in [4.78, 5) is 0. The minimum atomic E-state index is -3.12. The maximum absolute atomic E-state index is 11.5. The van der Waals surface area contributed by atoms with E-state index in [-0.39, 0.29) is 23.5 Å². The molecule has 0 aliphatic heterocycles. The Labute approximate surface area is 93.0 Å². The summed E-state index contributed by atoms with van der Waals surface area (Å²) >= 11 is 0. The van der Waals surface area contributed by atoms with Gasteiger partial charge in [-0.3, -0.25) is 0 Å². The van der Waals surface area contributed by atoms with Crippen LogP contribution in [0.15, 0.2) is 0 Å². The zero-order chi connectivity index (χ0) is 12.1. The van der Waals surface area contributed by atoms with Crippen LogP contribution < -0.4 is 5.32 Å². The normalized spacial score (nSPS) is 14.9. The van der Waals surface area contributed by atoms with Crippen LogP contribution in [0.4, 0.5) is 0 Å². The predicted octanol–water partition coefficient (Wildman–Crippen LogP) is 0.416. The van der Waals surface area contributed by atoms with E-state index < -0.39 is 15.9 Å². The van der Waals surface area contributed by atoms with Crippen LogP contribution in [0.2, 0.25) is 0 Å². The van der Waals surface area contributed by atoms with Crippen molar-refractivity contribution in [2.45, 2.75) is 39.8 Å². The van der Waals surface area contributed by atoms with Crippen LogP contribution in [0.25, 0.3) is 0 Å². The van der Waals surface area contributed by atoms with Crippen molar-refractivity contribution < 1.29 is 13.5 Å². The molecule has 0 bridgehead atoms.